The lowest BCUT2D eigenvalue weighted by Crippen LogP contribution is -2.37. The molecule has 0 aromatic carbocycles. The van der Waals surface area contributed by atoms with Crippen molar-refractivity contribution in [2.75, 3.05) is 47.5 Å². The van der Waals surface area contributed by atoms with Crippen molar-refractivity contribution < 1.29 is 42.1 Å². The van der Waals surface area contributed by atoms with E-state index in [9.17, 15) is 19.0 Å². The maximum Gasteiger partial charge on any atom is 0.306 e. The van der Waals surface area contributed by atoms with E-state index in [1.807, 2.05) is 21.1 Å². The molecular formula is C72H124NO8P. The van der Waals surface area contributed by atoms with Crippen LogP contribution in [0, 0.1) is 0 Å². The van der Waals surface area contributed by atoms with Gasteiger partial charge in [0.2, 0.25) is 0 Å². The van der Waals surface area contributed by atoms with Crippen molar-refractivity contribution in [1.82, 2.24) is 0 Å². The summed E-state index contributed by atoms with van der Waals surface area (Å²) >= 11 is 0. The van der Waals surface area contributed by atoms with Gasteiger partial charge < -0.3 is 27.9 Å². The molecule has 0 aliphatic rings. The lowest BCUT2D eigenvalue weighted by atomic mass is 10.0. The van der Waals surface area contributed by atoms with E-state index >= 15 is 0 Å². The van der Waals surface area contributed by atoms with Gasteiger partial charge in [0.1, 0.15) is 19.8 Å². The molecule has 0 fully saturated rings. The average molecular weight is 1160 g/mol. The molecule has 0 aliphatic heterocycles. The van der Waals surface area contributed by atoms with Crippen molar-refractivity contribution in [2.45, 2.75) is 277 Å². The summed E-state index contributed by atoms with van der Waals surface area (Å²) in [5, 5.41) is 0. The number of phosphoric ester groups is 1. The number of unbranched alkanes of at least 4 members (excludes halogenated alkanes) is 26. The lowest BCUT2D eigenvalue weighted by molar-refractivity contribution is -0.870. The predicted octanol–water partition coefficient (Wildman–Crippen LogP) is 20.9. The Bertz CT molecular complexity index is 1800. The lowest BCUT2D eigenvalue weighted by Gasteiger charge is -2.28. The molecule has 0 bridgehead atoms. The Morgan fingerprint density at radius 3 is 0.976 bits per heavy atom. The molecule has 0 aromatic heterocycles. The Labute approximate surface area is 505 Å². The monoisotopic (exact) mass is 1160 g/mol. The first-order valence-corrected chi connectivity index (χ1v) is 34.7. The first-order valence-electron chi connectivity index (χ1n) is 33.2. The molecule has 9 nitrogen and oxygen atoms in total. The largest absolute Gasteiger partial charge is 0.756 e. The van der Waals surface area contributed by atoms with Gasteiger partial charge in [0, 0.05) is 12.8 Å². The molecule has 0 heterocycles. The summed E-state index contributed by atoms with van der Waals surface area (Å²) in [5.41, 5.74) is 0. The molecular weight excluding hydrogens is 1040 g/mol. The highest BCUT2D eigenvalue weighted by Gasteiger charge is 2.22. The summed E-state index contributed by atoms with van der Waals surface area (Å²) in [6.45, 7) is 4.01. The molecule has 2 atom stereocenters. The van der Waals surface area contributed by atoms with Crippen LogP contribution in [0.5, 0.6) is 0 Å². The number of quaternary nitrogens is 1. The Morgan fingerprint density at radius 2 is 0.659 bits per heavy atom. The first-order chi connectivity index (χ1) is 40.0. The number of carbonyl (C=O) groups excluding carboxylic acids is 2. The number of nitrogens with zero attached hydrogens (tertiary/aromatic N) is 1. The van der Waals surface area contributed by atoms with Crippen LogP contribution in [-0.2, 0) is 32.7 Å². The van der Waals surface area contributed by atoms with Crippen molar-refractivity contribution in [1.29, 1.82) is 0 Å². The molecule has 0 N–H and O–H groups in total. The van der Waals surface area contributed by atoms with E-state index in [1.165, 1.54) is 122 Å². The zero-order valence-corrected chi connectivity index (χ0v) is 54.3. The first kappa shape index (κ1) is 78.4. The van der Waals surface area contributed by atoms with Gasteiger partial charge in [0.05, 0.1) is 27.7 Å². The van der Waals surface area contributed by atoms with Gasteiger partial charge in [-0.3, -0.25) is 14.2 Å². The maximum atomic E-state index is 12.9. The molecule has 0 spiro atoms. The third-order valence-corrected chi connectivity index (χ3v) is 14.9. The number of allylic oxidation sites excluding steroid dienone is 20. The predicted molar refractivity (Wildman–Crippen MR) is 351 cm³/mol. The van der Waals surface area contributed by atoms with Gasteiger partial charge in [-0.2, -0.15) is 0 Å². The fraction of sp³-hybridized carbons (Fsp3) is 0.694. The Balaban J connectivity index is 4.06. The summed E-state index contributed by atoms with van der Waals surface area (Å²) in [6.07, 6.45) is 88.4. The summed E-state index contributed by atoms with van der Waals surface area (Å²) in [7, 11) is 1.15. The number of esters is 2. The molecule has 0 aliphatic carbocycles. The van der Waals surface area contributed by atoms with Gasteiger partial charge in [0.25, 0.3) is 7.82 Å². The number of hydrogen-bond acceptors (Lipinski definition) is 8. The standard InChI is InChI=1S/C72H124NO8P/c1-6-8-10-12-14-16-18-20-22-24-26-28-30-31-32-33-34-35-36-37-38-39-40-41-43-45-47-49-51-53-55-57-59-61-63-65-72(75)81-70(69-80-82(76,77)79-67-66-73(3,4)5)68-78-71(74)64-62-60-58-56-54-52-50-48-46-44-42-29-27-25-23-21-19-17-15-13-11-9-7-2/h8-11,14-17,20-23,26-29,31-32,44,46,70H,6-7,12-13,18-19,24-25,30,33-43,45,47-69H2,1-5H3/b10-8-,11-9-,16-14-,17-15-,22-20-,23-21-,28-26-,29-27-,32-31-,46-44-. The quantitative estimate of drug-likeness (QED) is 0.0195. The van der Waals surface area contributed by atoms with E-state index in [0.717, 1.165) is 109 Å². The fourth-order valence-corrected chi connectivity index (χ4v) is 9.68. The number of hydrogen-bond donors (Lipinski definition) is 0. The van der Waals surface area contributed by atoms with Crippen LogP contribution in [0.25, 0.3) is 0 Å². The zero-order chi connectivity index (χ0) is 59.8. The molecule has 2 unspecified atom stereocenters. The molecule has 0 radical (unpaired) electrons. The van der Waals surface area contributed by atoms with Crippen LogP contribution < -0.4 is 4.89 Å². The van der Waals surface area contributed by atoms with Gasteiger partial charge in [0.15, 0.2) is 6.10 Å². The Hall–Kier alpha value is -3.59. The van der Waals surface area contributed by atoms with Crippen molar-refractivity contribution in [3.8, 4) is 0 Å². The van der Waals surface area contributed by atoms with Crippen molar-refractivity contribution >= 4 is 19.8 Å². The second kappa shape index (κ2) is 62.0. The van der Waals surface area contributed by atoms with Crippen molar-refractivity contribution in [2.24, 2.45) is 0 Å². The summed E-state index contributed by atoms with van der Waals surface area (Å²) in [4.78, 5) is 38.0. The molecule has 10 heteroatoms. The zero-order valence-electron chi connectivity index (χ0n) is 53.4. The highest BCUT2D eigenvalue weighted by molar-refractivity contribution is 7.45. The summed E-state index contributed by atoms with van der Waals surface area (Å²) < 4.78 is 34.3. The van der Waals surface area contributed by atoms with Crippen LogP contribution >= 0.6 is 7.82 Å². The second-order valence-corrected chi connectivity index (χ2v) is 24.5. The van der Waals surface area contributed by atoms with Crippen LogP contribution in [0.2, 0.25) is 0 Å². The van der Waals surface area contributed by atoms with Gasteiger partial charge in [-0.05, 0) is 103 Å². The summed E-state index contributed by atoms with van der Waals surface area (Å²) in [6, 6.07) is 0. The van der Waals surface area contributed by atoms with Gasteiger partial charge >= 0.3 is 11.9 Å². The highest BCUT2D eigenvalue weighted by Crippen LogP contribution is 2.38. The molecule has 0 amide bonds. The SMILES string of the molecule is CC/C=C\C/C=C\C/C=C\C/C=C\C/C=C\CCCCCCCCCCCCCCCCCCCCCC(=O)OC(COC(=O)CCCCCCCCC/C=C\C/C=C\C/C=C\C/C=C\C/C=C\CC)COP(=O)([O-])OCC[N+](C)(C)C. The maximum absolute atomic E-state index is 12.9. The van der Waals surface area contributed by atoms with E-state index in [4.69, 9.17) is 18.5 Å². The minimum absolute atomic E-state index is 0.0371. The molecule has 0 rings (SSSR count). The average Bonchev–Trinajstić information content (AvgIpc) is 3.45. The topological polar surface area (TPSA) is 111 Å². The van der Waals surface area contributed by atoms with E-state index in [2.05, 4.69) is 135 Å². The van der Waals surface area contributed by atoms with Crippen LogP contribution in [0.3, 0.4) is 0 Å². The second-order valence-electron chi connectivity index (χ2n) is 23.1. The molecule has 470 valence electrons. The van der Waals surface area contributed by atoms with Crippen LogP contribution in [-0.4, -0.2) is 70.0 Å². The Kier molecular flexibility index (Phi) is 59.2. The van der Waals surface area contributed by atoms with Gasteiger partial charge in [-0.15, -0.1) is 0 Å². The van der Waals surface area contributed by atoms with E-state index < -0.39 is 32.5 Å². The number of phosphoric acid groups is 1. The molecule has 0 saturated heterocycles. The van der Waals surface area contributed by atoms with Gasteiger partial charge in [-0.1, -0.05) is 277 Å². The molecule has 0 saturated carbocycles. The van der Waals surface area contributed by atoms with Crippen molar-refractivity contribution in [3.05, 3.63) is 122 Å². The normalized spacial score (nSPS) is 14.0. The number of ether oxygens (including phenoxy) is 2. The third kappa shape index (κ3) is 65.6. The van der Waals surface area contributed by atoms with Gasteiger partial charge in [-0.25, -0.2) is 0 Å². The van der Waals surface area contributed by atoms with E-state index in [-0.39, 0.29) is 26.1 Å². The Morgan fingerprint density at radius 1 is 0.378 bits per heavy atom. The summed E-state index contributed by atoms with van der Waals surface area (Å²) in [5.74, 6) is -0.844. The van der Waals surface area contributed by atoms with E-state index in [1.54, 1.807) is 0 Å². The highest BCUT2D eigenvalue weighted by atomic mass is 31.2. The number of likely N-dealkylation sites (N-methyl/N-ethyl adjacent to an activating group) is 1. The van der Waals surface area contributed by atoms with Crippen LogP contribution in [0.4, 0.5) is 0 Å². The van der Waals surface area contributed by atoms with Crippen LogP contribution in [0.1, 0.15) is 271 Å². The van der Waals surface area contributed by atoms with E-state index in [0.29, 0.717) is 23.9 Å². The number of carbonyl (C=O) groups is 2. The van der Waals surface area contributed by atoms with Crippen LogP contribution in [0.15, 0.2) is 122 Å². The van der Waals surface area contributed by atoms with Crippen molar-refractivity contribution in [3.63, 3.8) is 0 Å². The fourth-order valence-electron chi connectivity index (χ4n) is 8.95. The minimum Gasteiger partial charge on any atom is -0.756 e. The molecule has 82 heavy (non-hydrogen) atoms. The molecule has 0 aromatic rings. The third-order valence-electron chi connectivity index (χ3n) is 14.0. The number of rotatable bonds is 60. The minimum atomic E-state index is -4.65. The smallest absolute Gasteiger partial charge is 0.306 e.